The van der Waals surface area contributed by atoms with Crippen LogP contribution in [0, 0.1) is 13.8 Å². The standard InChI is InChI=1S/C24H31N7O2/c1-16(2)22-25-17(3)15-20(26-22)29-11-13-30(14-12-29)24(33)27-21-18(4)28(5)31(23(21)32)19-9-7-6-8-10-19/h6-10,15-16H,11-14H2,1-5H3,(H,27,33). The van der Waals surface area contributed by atoms with Gasteiger partial charge in [0.15, 0.2) is 0 Å². The molecule has 1 aromatic carbocycles. The van der Waals surface area contributed by atoms with Crippen LogP contribution < -0.4 is 15.8 Å². The number of para-hydroxylation sites is 1. The van der Waals surface area contributed by atoms with Crippen LogP contribution in [0.4, 0.5) is 16.3 Å². The van der Waals surface area contributed by atoms with Crippen LogP contribution >= 0.6 is 0 Å². The average molecular weight is 450 g/mol. The maximum Gasteiger partial charge on any atom is 0.322 e. The Bertz CT molecular complexity index is 1210. The van der Waals surface area contributed by atoms with E-state index in [1.165, 1.54) is 0 Å². The highest BCUT2D eigenvalue weighted by atomic mass is 16.2. The van der Waals surface area contributed by atoms with E-state index in [2.05, 4.69) is 29.0 Å². The van der Waals surface area contributed by atoms with Crippen LogP contribution in [0.5, 0.6) is 0 Å². The van der Waals surface area contributed by atoms with Crippen LogP contribution in [0.2, 0.25) is 0 Å². The number of nitrogens with zero attached hydrogens (tertiary/aromatic N) is 6. The zero-order valence-corrected chi connectivity index (χ0v) is 19.9. The van der Waals surface area contributed by atoms with Gasteiger partial charge in [0.2, 0.25) is 0 Å². The molecule has 1 aliphatic rings. The second-order valence-corrected chi connectivity index (χ2v) is 8.72. The van der Waals surface area contributed by atoms with E-state index in [1.54, 1.807) is 14.3 Å². The van der Waals surface area contributed by atoms with Crippen LogP contribution in [0.3, 0.4) is 0 Å². The first kappa shape index (κ1) is 22.6. The van der Waals surface area contributed by atoms with E-state index in [4.69, 9.17) is 4.98 Å². The normalized spacial score (nSPS) is 14.1. The summed E-state index contributed by atoms with van der Waals surface area (Å²) >= 11 is 0. The molecule has 1 N–H and O–H groups in total. The number of aryl methyl sites for hydroxylation is 1. The predicted octanol–water partition coefficient (Wildman–Crippen LogP) is 3.06. The van der Waals surface area contributed by atoms with E-state index in [0.717, 1.165) is 23.0 Å². The lowest BCUT2D eigenvalue weighted by Crippen LogP contribution is -2.50. The summed E-state index contributed by atoms with van der Waals surface area (Å²) in [6.07, 6.45) is 0. The van der Waals surface area contributed by atoms with Gasteiger partial charge in [-0.25, -0.2) is 19.4 Å². The number of amides is 2. The first-order valence-corrected chi connectivity index (χ1v) is 11.3. The van der Waals surface area contributed by atoms with Gasteiger partial charge in [-0.1, -0.05) is 32.0 Å². The van der Waals surface area contributed by atoms with Gasteiger partial charge in [0.05, 0.1) is 11.4 Å². The fourth-order valence-corrected chi connectivity index (χ4v) is 4.03. The highest BCUT2D eigenvalue weighted by Crippen LogP contribution is 2.20. The highest BCUT2D eigenvalue weighted by molar-refractivity contribution is 5.90. The zero-order chi connectivity index (χ0) is 23.7. The van der Waals surface area contributed by atoms with Gasteiger partial charge in [0.25, 0.3) is 5.56 Å². The summed E-state index contributed by atoms with van der Waals surface area (Å²) in [5, 5.41) is 2.86. The van der Waals surface area contributed by atoms with Gasteiger partial charge in [-0.2, -0.15) is 0 Å². The fourth-order valence-electron chi connectivity index (χ4n) is 4.03. The summed E-state index contributed by atoms with van der Waals surface area (Å²) in [6, 6.07) is 11.1. The number of carbonyl (C=O) groups is 1. The minimum Gasteiger partial charge on any atom is -0.353 e. The molecule has 0 spiro atoms. The van der Waals surface area contributed by atoms with Crippen LogP contribution in [-0.2, 0) is 7.05 Å². The molecule has 0 bridgehead atoms. The summed E-state index contributed by atoms with van der Waals surface area (Å²) < 4.78 is 3.32. The molecular weight excluding hydrogens is 418 g/mol. The highest BCUT2D eigenvalue weighted by Gasteiger charge is 2.25. The Labute approximate surface area is 193 Å². The minimum atomic E-state index is -0.262. The fraction of sp³-hybridized carbons (Fsp3) is 0.417. The molecule has 4 rings (SSSR count). The molecule has 9 nitrogen and oxygen atoms in total. The molecule has 33 heavy (non-hydrogen) atoms. The largest absolute Gasteiger partial charge is 0.353 e. The smallest absolute Gasteiger partial charge is 0.322 e. The lowest BCUT2D eigenvalue weighted by atomic mass is 10.2. The lowest BCUT2D eigenvalue weighted by molar-refractivity contribution is 0.208. The molecule has 174 valence electrons. The Morgan fingerprint density at radius 1 is 1.03 bits per heavy atom. The van der Waals surface area contributed by atoms with Crippen molar-refractivity contribution in [1.29, 1.82) is 0 Å². The lowest BCUT2D eigenvalue weighted by Gasteiger charge is -2.35. The van der Waals surface area contributed by atoms with Crippen LogP contribution in [0.15, 0.2) is 41.2 Å². The number of rotatable bonds is 4. The van der Waals surface area contributed by atoms with Gasteiger partial charge in [0, 0.05) is 50.9 Å². The topological polar surface area (TPSA) is 88.3 Å². The van der Waals surface area contributed by atoms with Crippen molar-refractivity contribution in [3.63, 3.8) is 0 Å². The molecule has 3 aromatic rings. The van der Waals surface area contributed by atoms with Crippen molar-refractivity contribution in [2.45, 2.75) is 33.6 Å². The van der Waals surface area contributed by atoms with Gasteiger partial charge in [-0.15, -0.1) is 0 Å². The molecule has 1 fully saturated rings. The Morgan fingerprint density at radius 2 is 1.70 bits per heavy atom. The number of hydrogen-bond acceptors (Lipinski definition) is 5. The van der Waals surface area contributed by atoms with Gasteiger partial charge in [-0.05, 0) is 26.0 Å². The first-order valence-electron chi connectivity index (χ1n) is 11.3. The molecule has 3 heterocycles. The van der Waals surface area contributed by atoms with Crippen molar-refractivity contribution < 1.29 is 4.79 Å². The Kier molecular flexibility index (Phi) is 6.22. The predicted molar refractivity (Wildman–Crippen MR) is 129 cm³/mol. The second kappa shape index (κ2) is 9.09. The zero-order valence-electron chi connectivity index (χ0n) is 19.9. The summed E-state index contributed by atoms with van der Waals surface area (Å²) in [5.74, 6) is 1.99. The van der Waals surface area contributed by atoms with Crippen molar-refractivity contribution in [2.75, 3.05) is 36.4 Å². The number of nitrogens with one attached hydrogen (secondary N) is 1. The molecule has 1 saturated heterocycles. The molecular formula is C24H31N7O2. The molecule has 0 atom stereocenters. The third kappa shape index (κ3) is 4.48. The van der Waals surface area contributed by atoms with Crippen molar-refractivity contribution in [1.82, 2.24) is 24.2 Å². The first-order chi connectivity index (χ1) is 15.8. The second-order valence-electron chi connectivity index (χ2n) is 8.72. The van der Waals surface area contributed by atoms with E-state index in [9.17, 15) is 9.59 Å². The number of hydrogen-bond donors (Lipinski definition) is 1. The van der Waals surface area contributed by atoms with Crippen molar-refractivity contribution in [2.24, 2.45) is 7.05 Å². The molecule has 0 saturated carbocycles. The summed E-state index contributed by atoms with van der Waals surface area (Å²) in [7, 11) is 1.81. The van der Waals surface area contributed by atoms with E-state index < -0.39 is 0 Å². The number of anilines is 2. The number of urea groups is 1. The summed E-state index contributed by atoms with van der Waals surface area (Å²) in [5.41, 5.74) is 2.46. The quantitative estimate of drug-likeness (QED) is 0.661. The Balaban J connectivity index is 1.46. The average Bonchev–Trinajstić information content (AvgIpc) is 3.02. The SMILES string of the molecule is Cc1cc(N2CCN(C(=O)Nc3c(C)n(C)n(-c4ccccc4)c3=O)CC2)nc(C(C)C)n1. The molecule has 0 aliphatic carbocycles. The third-order valence-electron chi connectivity index (χ3n) is 6.05. The van der Waals surface area contributed by atoms with Crippen molar-refractivity contribution in [3.05, 3.63) is 64.0 Å². The van der Waals surface area contributed by atoms with Gasteiger partial charge >= 0.3 is 6.03 Å². The molecule has 2 amide bonds. The number of carbonyl (C=O) groups excluding carboxylic acids is 1. The molecule has 2 aromatic heterocycles. The van der Waals surface area contributed by atoms with E-state index in [0.29, 0.717) is 37.6 Å². The monoisotopic (exact) mass is 449 g/mol. The van der Waals surface area contributed by atoms with Gasteiger partial charge in [-0.3, -0.25) is 9.48 Å². The molecule has 0 unspecified atom stereocenters. The van der Waals surface area contributed by atoms with Crippen molar-refractivity contribution >= 4 is 17.5 Å². The van der Waals surface area contributed by atoms with E-state index in [-0.39, 0.29) is 17.5 Å². The number of piperazine rings is 1. The van der Waals surface area contributed by atoms with Gasteiger partial charge in [0.1, 0.15) is 17.3 Å². The van der Waals surface area contributed by atoms with E-state index >= 15 is 0 Å². The molecule has 9 heteroatoms. The third-order valence-corrected chi connectivity index (χ3v) is 6.05. The molecule has 0 radical (unpaired) electrons. The summed E-state index contributed by atoms with van der Waals surface area (Å²) in [4.78, 5) is 39.2. The Hall–Kier alpha value is -3.62. The molecule has 1 aliphatic heterocycles. The number of aromatic nitrogens is 4. The van der Waals surface area contributed by atoms with Crippen molar-refractivity contribution in [3.8, 4) is 5.69 Å². The minimum absolute atomic E-state index is 0.245. The van der Waals surface area contributed by atoms with Crippen LogP contribution in [-0.4, -0.2) is 56.4 Å². The number of benzene rings is 1. The van der Waals surface area contributed by atoms with Crippen LogP contribution in [0.25, 0.3) is 5.69 Å². The van der Waals surface area contributed by atoms with E-state index in [1.807, 2.05) is 57.3 Å². The summed E-state index contributed by atoms with van der Waals surface area (Å²) in [6.45, 7) is 10.4. The Morgan fingerprint density at radius 3 is 2.33 bits per heavy atom. The van der Waals surface area contributed by atoms with Crippen LogP contribution in [0.1, 0.15) is 37.0 Å². The maximum atomic E-state index is 13.1. The maximum absolute atomic E-state index is 13.1. The van der Waals surface area contributed by atoms with Gasteiger partial charge < -0.3 is 15.1 Å².